The van der Waals surface area contributed by atoms with Crippen LogP contribution in [0.4, 0.5) is 0 Å². The Kier molecular flexibility index (Phi) is 2.97. The lowest BCUT2D eigenvalue weighted by Crippen LogP contribution is -2.22. The van der Waals surface area contributed by atoms with Gasteiger partial charge in [-0.05, 0) is 59.3 Å². The normalized spacial score (nSPS) is 17.8. The maximum Gasteiger partial charge on any atom is 0.119 e. The van der Waals surface area contributed by atoms with Crippen molar-refractivity contribution in [1.82, 2.24) is 0 Å². The molecule has 2 rings (SSSR count). The highest BCUT2D eigenvalue weighted by Crippen LogP contribution is 2.38. The largest absolute Gasteiger partial charge is 0.508 e. The molecule has 0 atom stereocenters. The smallest absolute Gasteiger partial charge is 0.119 e. The van der Waals surface area contributed by atoms with Gasteiger partial charge >= 0.3 is 0 Å². The summed E-state index contributed by atoms with van der Waals surface area (Å²) in [6.45, 7) is 0. The Hall–Kier alpha value is -0.250. The fourth-order valence-corrected chi connectivity index (χ4v) is 2.09. The van der Waals surface area contributed by atoms with Crippen molar-refractivity contribution in [1.29, 1.82) is 0 Å². The number of aryl methyl sites for hydroxylation is 1. The van der Waals surface area contributed by atoms with Crippen molar-refractivity contribution in [2.45, 2.75) is 31.2 Å². The summed E-state index contributed by atoms with van der Waals surface area (Å²) in [5.74, 6) is 0.288. The van der Waals surface area contributed by atoms with Crippen LogP contribution in [0.15, 0.2) is 16.6 Å². The van der Waals surface area contributed by atoms with Gasteiger partial charge in [0, 0.05) is 10.0 Å². The summed E-state index contributed by atoms with van der Waals surface area (Å²) in [4.78, 5) is 0. The number of phenols is 1. The monoisotopic (exact) mass is 289 g/mol. The zero-order chi connectivity index (χ0) is 11.1. The molecule has 0 spiro atoms. The number of nitrogens with two attached hydrogens (primary N) is 1. The highest BCUT2D eigenvalue weighted by Gasteiger charge is 2.37. The lowest BCUT2D eigenvalue weighted by Gasteiger charge is -2.10. The van der Waals surface area contributed by atoms with Gasteiger partial charge in [-0.25, -0.2) is 0 Å². The number of hydrogen-bond acceptors (Lipinski definition) is 2. The molecule has 0 unspecified atom stereocenters. The third-order valence-corrected chi connectivity index (χ3v) is 4.10. The molecule has 0 radical (unpaired) electrons. The summed E-state index contributed by atoms with van der Waals surface area (Å²) in [7, 11) is 0. The van der Waals surface area contributed by atoms with Gasteiger partial charge in [0.1, 0.15) is 5.75 Å². The van der Waals surface area contributed by atoms with Crippen molar-refractivity contribution in [3.8, 4) is 5.75 Å². The molecule has 1 aromatic carbocycles. The first kappa shape index (κ1) is 11.2. The van der Waals surface area contributed by atoms with Gasteiger partial charge in [0.15, 0.2) is 0 Å². The molecule has 1 fully saturated rings. The maximum atomic E-state index is 9.70. The average molecular weight is 291 g/mol. The second kappa shape index (κ2) is 3.96. The van der Waals surface area contributed by atoms with E-state index in [2.05, 4.69) is 15.9 Å². The Morgan fingerprint density at radius 1 is 1.47 bits per heavy atom. The number of aromatic hydroxyl groups is 1. The molecule has 0 bridgehead atoms. The van der Waals surface area contributed by atoms with Crippen molar-refractivity contribution >= 4 is 27.5 Å². The van der Waals surface area contributed by atoms with Crippen LogP contribution >= 0.6 is 27.5 Å². The third-order valence-electron chi connectivity index (χ3n) is 2.91. The molecule has 0 aliphatic heterocycles. The molecular weight excluding hydrogens is 277 g/mol. The van der Waals surface area contributed by atoms with E-state index in [1.165, 1.54) is 0 Å². The fourth-order valence-electron chi connectivity index (χ4n) is 1.57. The van der Waals surface area contributed by atoms with Crippen LogP contribution in [-0.2, 0) is 6.42 Å². The van der Waals surface area contributed by atoms with Gasteiger partial charge < -0.3 is 10.8 Å². The van der Waals surface area contributed by atoms with Gasteiger partial charge in [0.25, 0.3) is 0 Å². The van der Waals surface area contributed by atoms with Crippen molar-refractivity contribution in [2.75, 3.05) is 0 Å². The number of rotatable bonds is 3. The lowest BCUT2D eigenvalue weighted by atomic mass is 10.0. The molecule has 82 valence electrons. The maximum absolute atomic E-state index is 9.70. The first-order valence-electron chi connectivity index (χ1n) is 4.96. The van der Waals surface area contributed by atoms with Crippen molar-refractivity contribution in [3.05, 3.63) is 27.2 Å². The minimum atomic E-state index is 0.0198. The van der Waals surface area contributed by atoms with E-state index in [0.717, 1.165) is 35.7 Å². The van der Waals surface area contributed by atoms with E-state index in [0.29, 0.717) is 5.02 Å². The number of benzene rings is 1. The Morgan fingerprint density at radius 3 is 2.73 bits per heavy atom. The van der Waals surface area contributed by atoms with Crippen LogP contribution in [0.2, 0.25) is 5.02 Å². The summed E-state index contributed by atoms with van der Waals surface area (Å²) in [6.07, 6.45) is 3.89. The predicted octanol–water partition coefficient (Wildman–Crippen LogP) is 3.23. The standard InChI is InChI=1S/C11H13BrClNO/c12-8-6-10(15)7(5-9(8)13)1-2-11(14)3-4-11/h5-6,15H,1-4,14H2. The fraction of sp³-hybridized carbons (Fsp3) is 0.455. The van der Waals surface area contributed by atoms with Crippen molar-refractivity contribution < 1.29 is 5.11 Å². The van der Waals surface area contributed by atoms with Crippen LogP contribution in [0.5, 0.6) is 5.75 Å². The Morgan fingerprint density at radius 2 is 2.13 bits per heavy atom. The average Bonchev–Trinajstić information content (AvgIpc) is 2.89. The zero-order valence-electron chi connectivity index (χ0n) is 8.26. The van der Waals surface area contributed by atoms with E-state index in [1.54, 1.807) is 12.1 Å². The molecule has 1 aliphatic carbocycles. The van der Waals surface area contributed by atoms with E-state index < -0.39 is 0 Å². The molecule has 1 aliphatic rings. The second-order valence-corrected chi connectivity index (χ2v) is 5.52. The lowest BCUT2D eigenvalue weighted by molar-refractivity contribution is 0.464. The van der Waals surface area contributed by atoms with Crippen molar-refractivity contribution in [2.24, 2.45) is 5.73 Å². The number of hydrogen-bond donors (Lipinski definition) is 2. The molecule has 1 saturated carbocycles. The second-order valence-electron chi connectivity index (χ2n) is 4.26. The van der Waals surface area contributed by atoms with Gasteiger partial charge in [-0.1, -0.05) is 11.6 Å². The molecule has 15 heavy (non-hydrogen) atoms. The van der Waals surface area contributed by atoms with Crippen LogP contribution in [0.1, 0.15) is 24.8 Å². The van der Waals surface area contributed by atoms with Crippen LogP contribution < -0.4 is 5.73 Å². The number of halogens is 2. The van der Waals surface area contributed by atoms with E-state index >= 15 is 0 Å². The highest BCUT2D eigenvalue weighted by molar-refractivity contribution is 9.10. The van der Waals surface area contributed by atoms with Crippen LogP contribution in [0.3, 0.4) is 0 Å². The van der Waals surface area contributed by atoms with Crippen LogP contribution in [-0.4, -0.2) is 10.6 Å². The van der Waals surface area contributed by atoms with Gasteiger partial charge in [-0.3, -0.25) is 0 Å². The molecule has 0 amide bonds. The predicted molar refractivity (Wildman–Crippen MR) is 65.3 cm³/mol. The van der Waals surface area contributed by atoms with Crippen LogP contribution in [0.25, 0.3) is 0 Å². The molecule has 3 N–H and O–H groups in total. The first-order chi connectivity index (χ1) is 7.00. The number of phenolic OH excluding ortho intramolecular Hbond substituents is 1. The highest BCUT2D eigenvalue weighted by atomic mass is 79.9. The Balaban J connectivity index is 2.10. The Bertz CT molecular complexity index is 390. The summed E-state index contributed by atoms with van der Waals surface area (Å²) in [6, 6.07) is 3.43. The summed E-state index contributed by atoms with van der Waals surface area (Å²) < 4.78 is 0.722. The Labute approximate surface area is 103 Å². The first-order valence-corrected chi connectivity index (χ1v) is 6.13. The van der Waals surface area contributed by atoms with E-state index in [9.17, 15) is 5.11 Å². The van der Waals surface area contributed by atoms with E-state index in [1.807, 2.05) is 0 Å². The van der Waals surface area contributed by atoms with Gasteiger partial charge in [-0.2, -0.15) is 0 Å². The summed E-state index contributed by atoms with van der Waals surface area (Å²) in [5, 5.41) is 10.3. The molecule has 1 aromatic rings. The van der Waals surface area contributed by atoms with E-state index in [-0.39, 0.29) is 11.3 Å². The van der Waals surface area contributed by atoms with Gasteiger partial charge in [0.2, 0.25) is 0 Å². The zero-order valence-corrected chi connectivity index (χ0v) is 10.6. The van der Waals surface area contributed by atoms with Gasteiger partial charge in [-0.15, -0.1) is 0 Å². The minimum absolute atomic E-state index is 0.0198. The molecule has 0 heterocycles. The third kappa shape index (κ3) is 2.65. The quantitative estimate of drug-likeness (QED) is 0.898. The summed E-state index contributed by atoms with van der Waals surface area (Å²) >= 11 is 9.23. The topological polar surface area (TPSA) is 46.2 Å². The van der Waals surface area contributed by atoms with Crippen molar-refractivity contribution in [3.63, 3.8) is 0 Å². The van der Waals surface area contributed by atoms with Crippen LogP contribution in [0, 0.1) is 0 Å². The van der Waals surface area contributed by atoms with Gasteiger partial charge in [0.05, 0.1) is 5.02 Å². The molecular formula is C11H13BrClNO. The SMILES string of the molecule is NC1(CCc2cc(Cl)c(Br)cc2O)CC1. The minimum Gasteiger partial charge on any atom is -0.508 e. The van der Waals surface area contributed by atoms with E-state index in [4.69, 9.17) is 17.3 Å². The molecule has 0 saturated heterocycles. The molecule has 0 aromatic heterocycles. The molecule has 2 nitrogen and oxygen atoms in total. The summed E-state index contributed by atoms with van der Waals surface area (Å²) in [5.41, 5.74) is 6.88. The molecule has 4 heteroatoms.